The monoisotopic (exact) mass is 889 g/mol. The first-order valence-electron chi connectivity index (χ1n) is 24.0. The van der Waals surface area contributed by atoms with Crippen molar-refractivity contribution in [2.75, 3.05) is 0 Å². The molecular formula is C64H51N5. The standard InChI is InChI=1S/C64H51N5/c1-44-37-59(48-24-10-4-11-25-48)65-61(66-60(44)49-26-12-5-13-27-49)56-34-17-31-53(42-56)51-29-15-30-52(40-51)54-32-18-36-58(43-54)64-68-62(55-33-14-21-46(39-55)38-45-19-6-2-7-20-45)67-63(69-64)57-35-16-28-50(41-57)47-22-8-3-9-23-47/h2-15,17-34,36,39-44,60H,16,35,37-38H2,1H3. The molecule has 0 amide bonds. The van der Waals surface area contributed by atoms with Gasteiger partial charge in [0.05, 0.1) is 11.8 Å². The van der Waals surface area contributed by atoms with Crippen molar-refractivity contribution in [3.63, 3.8) is 0 Å². The van der Waals surface area contributed by atoms with Crippen LogP contribution in [0.5, 0.6) is 0 Å². The molecular weight excluding hydrogens is 839 g/mol. The van der Waals surface area contributed by atoms with Crippen LogP contribution < -0.4 is 0 Å². The van der Waals surface area contributed by atoms with Gasteiger partial charge in [-0.3, -0.25) is 4.99 Å². The van der Waals surface area contributed by atoms with E-state index in [0.717, 1.165) is 87.3 Å². The Bertz CT molecular complexity index is 3390. The van der Waals surface area contributed by atoms with Crippen molar-refractivity contribution in [1.29, 1.82) is 0 Å². The third-order valence-electron chi connectivity index (χ3n) is 13.1. The molecule has 2 heterocycles. The van der Waals surface area contributed by atoms with Crippen molar-refractivity contribution < 1.29 is 0 Å². The normalized spacial score (nSPS) is 15.8. The van der Waals surface area contributed by atoms with Crippen molar-refractivity contribution in [1.82, 2.24) is 15.0 Å². The van der Waals surface area contributed by atoms with Crippen molar-refractivity contribution in [2.45, 2.75) is 38.6 Å². The van der Waals surface area contributed by atoms with Gasteiger partial charge in [-0.15, -0.1) is 0 Å². The second-order valence-electron chi connectivity index (χ2n) is 18.1. The van der Waals surface area contributed by atoms with Crippen LogP contribution in [0, 0.1) is 5.92 Å². The summed E-state index contributed by atoms with van der Waals surface area (Å²) in [5.74, 6) is 3.04. The number of hydrogen-bond donors (Lipinski definition) is 0. The van der Waals surface area contributed by atoms with Crippen LogP contribution in [0.25, 0.3) is 56.2 Å². The van der Waals surface area contributed by atoms with Gasteiger partial charge in [0.25, 0.3) is 0 Å². The molecule has 11 rings (SSSR count). The van der Waals surface area contributed by atoms with Gasteiger partial charge in [0.1, 0.15) is 0 Å². The molecule has 9 aromatic rings. The SMILES string of the molecule is CC1CC(c2ccccc2)=NC(c2cccc(-c3cccc(-c4cccc(-c5nc(C6=CC(c7ccccc7)=CCC6)nc(-c6cccc(Cc7ccccc7)c6)n5)c4)c3)c2)=NC1c1ccccc1. The lowest BCUT2D eigenvalue weighted by atomic mass is 9.89. The molecule has 0 saturated heterocycles. The maximum Gasteiger partial charge on any atom is 0.164 e. The van der Waals surface area contributed by atoms with E-state index in [1.807, 2.05) is 0 Å². The largest absolute Gasteiger partial charge is 0.258 e. The summed E-state index contributed by atoms with van der Waals surface area (Å²) in [6, 6.07) is 77.0. The number of allylic oxidation sites excluding steroid dienone is 4. The molecule has 1 aliphatic heterocycles. The molecule has 2 unspecified atom stereocenters. The molecule has 0 bridgehead atoms. The fourth-order valence-corrected chi connectivity index (χ4v) is 9.58. The summed E-state index contributed by atoms with van der Waals surface area (Å²) in [5, 5.41) is 0. The van der Waals surface area contributed by atoms with Gasteiger partial charge in [0.15, 0.2) is 23.3 Å². The highest BCUT2D eigenvalue weighted by Gasteiger charge is 2.26. The number of aromatic nitrogens is 3. The molecule has 0 spiro atoms. The highest BCUT2D eigenvalue weighted by molar-refractivity contribution is 6.13. The summed E-state index contributed by atoms with van der Waals surface area (Å²) in [4.78, 5) is 26.4. The Morgan fingerprint density at radius 3 is 1.57 bits per heavy atom. The predicted molar refractivity (Wildman–Crippen MR) is 285 cm³/mol. The van der Waals surface area contributed by atoms with Gasteiger partial charge >= 0.3 is 0 Å². The van der Waals surface area contributed by atoms with Crippen molar-refractivity contribution in [3.8, 4) is 45.0 Å². The maximum absolute atomic E-state index is 5.42. The van der Waals surface area contributed by atoms with Gasteiger partial charge in [0.2, 0.25) is 0 Å². The van der Waals surface area contributed by atoms with Crippen LogP contribution in [0.1, 0.15) is 71.4 Å². The minimum absolute atomic E-state index is 0.0188. The number of aliphatic imine (C=N–C) groups is 2. The van der Waals surface area contributed by atoms with E-state index in [1.165, 1.54) is 27.8 Å². The molecule has 5 nitrogen and oxygen atoms in total. The zero-order valence-electron chi connectivity index (χ0n) is 38.7. The Kier molecular flexibility index (Phi) is 12.4. The Hall–Kier alpha value is -8.41. The van der Waals surface area contributed by atoms with E-state index in [0.29, 0.717) is 17.5 Å². The maximum atomic E-state index is 5.42. The van der Waals surface area contributed by atoms with Crippen molar-refractivity contribution in [3.05, 3.63) is 270 Å². The molecule has 1 aliphatic carbocycles. The summed E-state index contributed by atoms with van der Waals surface area (Å²) in [7, 11) is 0. The summed E-state index contributed by atoms with van der Waals surface area (Å²) < 4.78 is 0. The van der Waals surface area contributed by atoms with Crippen LogP contribution in [0.2, 0.25) is 0 Å². The van der Waals surface area contributed by atoms with Gasteiger partial charge in [0, 0.05) is 16.7 Å². The van der Waals surface area contributed by atoms with E-state index >= 15 is 0 Å². The minimum atomic E-state index is -0.0188. The zero-order valence-corrected chi connectivity index (χ0v) is 38.7. The zero-order chi connectivity index (χ0) is 46.4. The van der Waals surface area contributed by atoms with Gasteiger partial charge in [-0.25, -0.2) is 19.9 Å². The van der Waals surface area contributed by atoms with E-state index in [-0.39, 0.29) is 12.0 Å². The fraction of sp³-hybridized carbons (Fsp3) is 0.109. The van der Waals surface area contributed by atoms with Crippen LogP contribution in [0.15, 0.2) is 241 Å². The average Bonchev–Trinajstić information content (AvgIpc) is 3.61. The lowest BCUT2D eigenvalue weighted by molar-refractivity contribution is 0.493. The topological polar surface area (TPSA) is 63.4 Å². The molecule has 2 atom stereocenters. The minimum Gasteiger partial charge on any atom is -0.258 e. The number of rotatable bonds is 11. The smallest absolute Gasteiger partial charge is 0.164 e. The molecule has 332 valence electrons. The number of amidine groups is 1. The molecule has 0 N–H and O–H groups in total. The molecule has 0 radical (unpaired) electrons. The van der Waals surface area contributed by atoms with E-state index in [1.54, 1.807) is 0 Å². The lowest BCUT2D eigenvalue weighted by Crippen LogP contribution is -2.12. The van der Waals surface area contributed by atoms with Crippen LogP contribution in [0.3, 0.4) is 0 Å². The second-order valence-corrected chi connectivity index (χ2v) is 18.1. The van der Waals surface area contributed by atoms with E-state index in [9.17, 15) is 0 Å². The van der Waals surface area contributed by atoms with Gasteiger partial charge in [-0.05, 0) is 123 Å². The number of benzene rings is 8. The Balaban J connectivity index is 0.949. The van der Waals surface area contributed by atoms with Gasteiger partial charge in [-0.1, -0.05) is 207 Å². The van der Waals surface area contributed by atoms with Gasteiger partial charge in [-0.2, -0.15) is 0 Å². The van der Waals surface area contributed by atoms with Crippen LogP contribution >= 0.6 is 0 Å². The molecule has 8 aromatic carbocycles. The Morgan fingerprint density at radius 2 is 0.913 bits per heavy atom. The summed E-state index contributed by atoms with van der Waals surface area (Å²) in [6.45, 7) is 2.29. The van der Waals surface area contributed by atoms with Crippen molar-refractivity contribution in [2.24, 2.45) is 15.9 Å². The average molecular weight is 890 g/mol. The van der Waals surface area contributed by atoms with E-state index in [2.05, 4.69) is 237 Å². The van der Waals surface area contributed by atoms with E-state index in [4.69, 9.17) is 24.9 Å². The number of nitrogens with zero attached hydrogens (tertiary/aromatic N) is 5. The highest BCUT2D eigenvalue weighted by atomic mass is 15.0. The Morgan fingerprint density at radius 1 is 0.435 bits per heavy atom. The van der Waals surface area contributed by atoms with Crippen LogP contribution in [0.4, 0.5) is 0 Å². The third kappa shape index (κ3) is 9.86. The highest BCUT2D eigenvalue weighted by Crippen LogP contribution is 2.36. The first-order chi connectivity index (χ1) is 34.1. The van der Waals surface area contributed by atoms with Crippen LogP contribution in [-0.4, -0.2) is 26.5 Å². The van der Waals surface area contributed by atoms with E-state index < -0.39 is 0 Å². The molecule has 0 fully saturated rings. The first kappa shape index (κ1) is 43.2. The molecule has 1 aromatic heterocycles. The predicted octanol–water partition coefficient (Wildman–Crippen LogP) is 15.4. The Labute approximate surface area is 405 Å². The number of hydrogen-bond acceptors (Lipinski definition) is 5. The van der Waals surface area contributed by atoms with Crippen LogP contribution in [-0.2, 0) is 6.42 Å². The molecule has 69 heavy (non-hydrogen) atoms. The molecule has 5 heteroatoms. The third-order valence-corrected chi connectivity index (χ3v) is 13.1. The quantitative estimate of drug-likeness (QED) is 0.130. The summed E-state index contributed by atoms with van der Waals surface area (Å²) in [6.07, 6.45) is 7.98. The molecule has 0 saturated carbocycles. The summed E-state index contributed by atoms with van der Waals surface area (Å²) >= 11 is 0. The first-order valence-corrected chi connectivity index (χ1v) is 24.0. The fourth-order valence-electron chi connectivity index (χ4n) is 9.58. The summed E-state index contributed by atoms with van der Waals surface area (Å²) in [5.41, 5.74) is 16.6. The molecule has 2 aliphatic rings. The van der Waals surface area contributed by atoms with Crippen molar-refractivity contribution >= 4 is 22.7 Å². The lowest BCUT2D eigenvalue weighted by Gasteiger charge is -2.19. The van der Waals surface area contributed by atoms with Gasteiger partial charge < -0.3 is 0 Å². The second kappa shape index (κ2) is 19.8.